The molecular formula is C19H26N4O2. The number of anilines is 1. The van der Waals surface area contributed by atoms with Crippen molar-refractivity contribution in [1.29, 1.82) is 0 Å². The van der Waals surface area contributed by atoms with Gasteiger partial charge in [0.1, 0.15) is 0 Å². The van der Waals surface area contributed by atoms with E-state index < -0.39 is 6.10 Å². The van der Waals surface area contributed by atoms with E-state index in [-0.39, 0.29) is 11.4 Å². The van der Waals surface area contributed by atoms with Gasteiger partial charge in [0.05, 0.1) is 6.10 Å². The highest BCUT2D eigenvalue weighted by atomic mass is 16.3. The number of rotatable bonds is 6. The van der Waals surface area contributed by atoms with Crippen LogP contribution in [0.15, 0.2) is 36.5 Å². The summed E-state index contributed by atoms with van der Waals surface area (Å²) in [5.74, 6) is 0.663. The van der Waals surface area contributed by atoms with Crippen LogP contribution in [0, 0.1) is 12.3 Å². The first-order valence-electron chi connectivity index (χ1n) is 8.38. The van der Waals surface area contributed by atoms with Crippen LogP contribution in [-0.4, -0.2) is 33.8 Å². The van der Waals surface area contributed by atoms with Crippen LogP contribution < -0.4 is 10.6 Å². The summed E-state index contributed by atoms with van der Waals surface area (Å²) >= 11 is 0. The van der Waals surface area contributed by atoms with Crippen molar-refractivity contribution in [3.8, 4) is 11.4 Å². The van der Waals surface area contributed by atoms with Gasteiger partial charge in [-0.2, -0.15) is 0 Å². The third-order valence-corrected chi connectivity index (χ3v) is 3.77. The molecule has 0 spiro atoms. The summed E-state index contributed by atoms with van der Waals surface area (Å²) in [6.45, 7) is 8.18. The van der Waals surface area contributed by atoms with Crippen LogP contribution in [0.5, 0.6) is 0 Å². The van der Waals surface area contributed by atoms with Gasteiger partial charge < -0.3 is 15.7 Å². The predicted octanol–water partition coefficient (Wildman–Crippen LogP) is 3.37. The fourth-order valence-electron chi connectivity index (χ4n) is 2.66. The summed E-state index contributed by atoms with van der Waals surface area (Å²) < 4.78 is 0. The average Bonchev–Trinajstić information content (AvgIpc) is 2.53. The van der Waals surface area contributed by atoms with E-state index in [1.165, 1.54) is 0 Å². The molecule has 2 aromatic rings. The topological polar surface area (TPSA) is 87.1 Å². The number of aromatic nitrogens is 2. The van der Waals surface area contributed by atoms with Crippen molar-refractivity contribution >= 4 is 11.7 Å². The van der Waals surface area contributed by atoms with E-state index in [0.29, 0.717) is 24.5 Å². The molecule has 0 aliphatic rings. The second-order valence-electron chi connectivity index (χ2n) is 7.12. The van der Waals surface area contributed by atoms with Crippen LogP contribution in [0.1, 0.15) is 32.9 Å². The molecule has 0 saturated heterocycles. The van der Waals surface area contributed by atoms with E-state index in [1.54, 1.807) is 13.1 Å². The third kappa shape index (κ3) is 6.15. The molecule has 1 aromatic heterocycles. The van der Waals surface area contributed by atoms with Crippen molar-refractivity contribution in [3.05, 3.63) is 42.2 Å². The van der Waals surface area contributed by atoms with Crippen molar-refractivity contribution in [2.75, 3.05) is 11.9 Å². The molecule has 3 N–H and O–H groups in total. The summed E-state index contributed by atoms with van der Waals surface area (Å²) in [5, 5.41) is 15.1. The van der Waals surface area contributed by atoms with Crippen molar-refractivity contribution in [3.63, 3.8) is 0 Å². The van der Waals surface area contributed by atoms with Gasteiger partial charge in [-0.05, 0) is 56.0 Å². The maximum atomic E-state index is 12.0. The number of urea groups is 1. The molecule has 25 heavy (non-hydrogen) atoms. The molecule has 1 atom stereocenters. The molecule has 0 aliphatic heterocycles. The Morgan fingerprint density at radius 3 is 2.52 bits per heavy atom. The minimum atomic E-state index is -0.392. The number of aliphatic hydroxyl groups excluding tert-OH is 1. The number of nitrogens with one attached hydrogen (secondary N) is 2. The highest BCUT2D eigenvalue weighted by molar-refractivity contribution is 5.89. The number of nitrogens with zero attached hydrogens (tertiary/aromatic N) is 2. The Labute approximate surface area is 148 Å². The van der Waals surface area contributed by atoms with Crippen LogP contribution in [0.3, 0.4) is 0 Å². The SMILES string of the molecule is Cc1ccnc(-c2ccc(NC(=O)NCC(C)(C)C[C@H](C)O)cc2)n1. The van der Waals surface area contributed by atoms with E-state index in [1.807, 2.05) is 51.1 Å². The lowest BCUT2D eigenvalue weighted by molar-refractivity contribution is 0.129. The number of benzene rings is 1. The number of carbonyl (C=O) groups excluding carboxylic acids is 1. The number of hydrogen-bond acceptors (Lipinski definition) is 4. The monoisotopic (exact) mass is 342 g/mol. The van der Waals surface area contributed by atoms with Gasteiger partial charge in [0, 0.05) is 29.7 Å². The Hall–Kier alpha value is -2.47. The summed E-state index contributed by atoms with van der Waals surface area (Å²) in [6.07, 6.45) is 1.96. The number of hydrogen-bond donors (Lipinski definition) is 3. The molecular weight excluding hydrogens is 316 g/mol. The molecule has 2 amide bonds. The first kappa shape index (κ1) is 18.9. The number of amides is 2. The second kappa shape index (κ2) is 8.07. The average molecular weight is 342 g/mol. The minimum absolute atomic E-state index is 0.169. The molecule has 0 saturated carbocycles. The quantitative estimate of drug-likeness (QED) is 0.751. The standard InChI is InChI=1S/C19H26N4O2/c1-13-9-10-20-17(22-13)15-5-7-16(8-6-15)23-18(25)21-12-19(3,4)11-14(2)24/h5-10,14,24H,11-12H2,1-4H3,(H2,21,23,25)/t14-/m0/s1. The molecule has 134 valence electrons. The van der Waals surface area contributed by atoms with Gasteiger partial charge >= 0.3 is 6.03 Å². The molecule has 0 unspecified atom stereocenters. The van der Waals surface area contributed by atoms with E-state index in [9.17, 15) is 9.90 Å². The Bertz CT molecular complexity index is 712. The molecule has 6 heteroatoms. The Morgan fingerprint density at radius 2 is 1.92 bits per heavy atom. The lowest BCUT2D eigenvalue weighted by Crippen LogP contribution is -2.38. The van der Waals surface area contributed by atoms with Crippen LogP contribution in [0.2, 0.25) is 0 Å². The summed E-state index contributed by atoms with van der Waals surface area (Å²) in [4.78, 5) is 20.7. The minimum Gasteiger partial charge on any atom is -0.393 e. The molecule has 1 heterocycles. The normalized spacial score (nSPS) is 12.5. The highest BCUT2D eigenvalue weighted by Gasteiger charge is 2.21. The van der Waals surface area contributed by atoms with Crippen LogP contribution >= 0.6 is 0 Å². The maximum absolute atomic E-state index is 12.0. The fraction of sp³-hybridized carbons (Fsp3) is 0.421. The fourth-order valence-corrected chi connectivity index (χ4v) is 2.66. The largest absolute Gasteiger partial charge is 0.393 e. The predicted molar refractivity (Wildman–Crippen MR) is 99.3 cm³/mol. The molecule has 0 aliphatic carbocycles. The first-order chi connectivity index (χ1) is 11.7. The zero-order chi connectivity index (χ0) is 18.4. The summed E-state index contributed by atoms with van der Waals surface area (Å²) in [5.41, 5.74) is 2.33. The van der Waals surface area contributed by atoms with E-state index in [4.69, 9.17) is 0 Å². The molecule has 2 rings (SSSR count). The maximum Gasteiger partial charge on any atom is 0.319 e. The van der Waals surface area contributed by atoms with E-state index >= 15 is 0 Å². The van der Waals surface area contributed by atoms with Gasteiger partial charge in [-0.15, -0.1) is 0 Å². The summed E-state index contributed by atoms with van der Waals surface area (Å²) in [7, 11) is 0. The zero-order valence-corrected chi connectivity index (χ0v) is 15.2. The molecule has 6 nitrogen and oxygen atoms in total. The second-order valence-corrected chi connectivity index (χ2v) is 7.12. The molecule has 1 aromatic carbocycles. The highest BCUT2D eigenvalue weighted by Crippen LogP contribution is 2.21. The first-order valence-corrected chi connectivity index (χ1v) is 8.38. The van der Waals surface area contributed by atoms with Crippen LogP contribution in [0.25, 0.3) is 11.4 Å². The lowest BCUT2D eigenvalue weighted by atomic mass is 9.87. The Morgan fingerprint density at radius 1 is 1.24 bits per heavy atom. The zero-order valence-electron chi connectivity index (χ0n) is 15.2. The van der Waals surface area contributed by atoms with Gasteiger partial charge in [-0.25, -0.2) is 14.8 Å². The smallest absolute Gasteiger partial charge is 0.319 e. The Balaban J connectivity index is 1.91. The third-order valence-electron chi connectivity index (χ3n) is 3.77. The molecule has 0 fully saturated rings. The van der Waals surface area contributed by atoms with E-state index in [2.05, 4.69) is 20.6 Å². The van der Waals surface area contributed by atoms with Crippen molar-refractivity contribution in [2.45, 2.75) is 40.2 Å². The van der Waals surface area contributed by atoms with Crippen LogP contribution in [-0.2, 0) is 0 Å². The van der Waals surface area contributed by atoms with Gasteiger partial charge in [0.2, 0.25) is 0 Å². The van der Waals surface area contributed by atoms with Crippen molar-refractivity contribution < 1.29 is 9.90 Å². The van der Waals surface area contributed by atoms with Crippen molar-refractivity contribution in [1.82, 2.24) is 15.3 Å². The van der Waals surface area contributed by atoms with Gasteiger partial charge in [0.15, 0.2) is 5.82 Å². The number of aryl methyl sites for hydroxylation is 1. The number of carbonyl (C=O) groups is 1. The van der Waals surface area contributed by atoms with Crippen LogP contribution in [0.4, 0.5) is 10.5 Å². The number of aliphatic hydroxyl groups is 1. The molecule has 0 bridgehead atoms. The van der Waals surface area contributed by atoms with Gasteiger partial charge in [0.25, 0.3) is 0 Å². The molecule has 0 radical (unpaired) electrons. The lowest BCUT2D eigenvalue weighted by Gasteiger charge is -2.26. The van der Waals surface area contributed by atoms with Gasteiger partial charge in [-0.3, -0.25) is 0 Å². The Kier molecular flexibility index (Phi) is 6.09. The van der Waals surface area contributed by atoms with E-state index in [0.717, 1.165) is 11.3 Å². The van der Waals surface area contributed by atoms with Gasteiger partial charge in [-0.1, -0.05) is 13.8 Å². The summed E-state index contributed by atoms with van der Waals surface area (Å²) in [6, 6.07) is 8.98. The van der Waals surface area contributed by atoms with Crippen molar-refractivity contribution in [2.24, 2.45) is 5.41 Å².